The van der Waals surface area contributed by atoms with Gasteiger partial charge in [-0.1, -0.05) is 13.3 Å². The molecule has 0 radical (unpaired) electrons. The van der Waals surface area contributed by atoms with E-state index in [2.05, 4.69) is 22.3 Å². The fraction of sp³-hybridized carbons (Fsp3) is 0.714. The van der Waals surface area contributed by atoms with Crippen molar-refractivity contribution in [2.24, 2.45) is 11.8 Å². The van der Waals surface area contributed by atoms with Crippen LogP contribution >= 0.6 is 0 Å². The summed E-state index contributed by atoms with van der Waals surface area (Å²) >= 11 is 0. The van der Waals surface area contributed by atoms with E-state index in [4.69, 9.17) is 15.3 Å². The Morgan fingerprint density at radius 2 is 2.15 bits per heavy atom. The van der Waals surface area contributed by atoms with Crippen molar-refractivity contribution in [2.45, 2.75) is 51.7 Å². The van der Waals surface area contributed by atoms with Crippen LogP contribution in [0, 0.1) is 5.92 Å². The number of nitrogens with zero attached hydrogens (tertiary/aromatic N) is 2. The van der Waals surface area contributed by atoms with Crippen molar-refractivity contribution in [3.05, 3.63) is 11.9 Å². The van der Waals surface area contributed by atoms with Crippen molar-refractivity contribution < 1.29 is 9.47 Å². The zero-order valence-corrected chi connectivity index (χ0v) is 12.3. The van der Waals surface area contributed by atoms with Crippen LogP contribution in [0.2, 0.25) is 0 Å². The van der Waals surface area contributed by atoms with Gasteiger partial charge in [0.2, 0.25) is 5.88 Å². The molecule has 1 fully saturated rings. The maximum atomic E-state index is 6.09. The van der Waals surface area contributed by atoms with E-state index in [1.54, 1.807) is 13.2 Å². The highest BCUT2D eigenvalue weighted by Crippen LogP contribution is 2.30. The number of hydrogen-bond donors (Lipinski definition) is 2. The van der Waals surface area contributed by atoms with E-state index in [1.807, 2.05) is 0 Å². The number of nitrogens with one attached hydrogen (secondary N) is 1. The van der Waals surface area contributed by atoms with Crippen LogP contribution in [0.25, 0.3) is 0 Å². The van der Waals surface area contributed by atoms with Crippen molar-refractivity contribution in [2.75, 3.05) is 12.5 Å². The van der Waals surface area contributed by atoms with Crippen molar-refractivity contribution >= 4 is 5.82 Å². The Balaban J connectivity index is 2.12. The van der Waals surface area contributed by atoms with E-state index >= 15 is 0 Å². The monoisotopic (exact) mass is 280 g/mol. The minimum Gasteiger partial charge on any atom is -0.474 e. The second kappa shape index (κ2) is 7.40. The summed E-state index contributed by atoms with van der Waals surface area (Å²) in [6.45, 7) is 2.56. The van der Waals surface area contributed by atoms with Gasteiger partial charge in [0, 0.05) is 13.2 Å². The molecule has 1 aromatic heterocycles. The van der Waals surface area contributed by atoms with Gasteiger partial charge in [-0.2, -0.15) is 4.98 Å². The molecule has 2 unspecified atom stereocenters. The maximum absolute atomic E-state index is 6.09. The molecular formula is C14H24N4O2. The van der Waals surface area contributed by atoms with E-state index in [1.165, 1.54) is 19.3 Å². The number of hydrogen-bond acceptors (Lipinski definition) is 6. The summed E-state index contributed by atoms with van der Waals surface area (Å²) in [6, 6.07) is 1.74. The minimum absolute atomic E-state index is 0.240. The number of rotatable bonds is 6. The van der Waals surface area contributed by atoms with Gasteiger partial charge in [-0.25, -0.2) is 10.8 Å². The summed E-state index contributed by atoms with van der Waals surface area (Å²) in [5, 5.41) is 0. The molecule has 0 aromatic carbocycles. The number of hydrazine groups is 1. The van der Waals surface area contributed by atoms with Gasteiger partial charge in [-0.3, -0.25) is 0 Å². The Bertz CT molecular complexity index is 428. The highest BCUT2D eigenvalue weighted by Gasteiger charge is 2.25. The molecule has 1 saturated carbocycles. The molecule has 0 amide bonds. The predicted octanol–water partition coefficient (Wildman–Crippen LogP) is 2.26. The lowest BCUT2D eigenvalue weighted by atomic mass is 9.85. The highest BCUT2D eigenvalue weighted by molar-refractivity contribution is 5.37. The summed E-state index contributed by atoms with van der Waals surface area (Å²) in [7, 11) is 1.61. The number of aromatic nitrogens is 2. The molecule has 112 valence electrons. The summed E-state index contributed by atoms with van der Waals surface area (Å²) in [6.07, 6.45) is 6.23. The van der Waals surface area contributed by atoms with E-state index in [9.17, 15) is 0 Å². The van der Waals surface area contributed by atoms with Crippen molar-refractivity contribution in [3.63, 3.8) is 0 Å². The SMILES string of the molecule is CCC1CCCCC1Oc1cc(NN)nc(COC)n1. The first-order chi connectivity index (χ1) is 9.76. The van der Waals surface area contributed by atoms with Gasteiger partial charge >= 0.3 is 0 Å². The van der Waals surface area contributed by atoms with Crippen molar-refractivity contribution in [1.29, 1.82) is 0 Å². The van der Waals surface area contributed by atoms with Gasteiger partial charge in [-0.15, -0.1) is 0 Å². The van der Waals surface area contributed by atoms with Crippen LogP contribution < -0.4 is 16.0 Å². The molecule has 2 rings (SSSR count). The quantitative estimate of drug-likeness (QED) is 0.614. The molecule has 1 heterocycles. The molecule has 0 bridgehead atoms. The lowest BCUT2D eigenvalue weighted by Crippen LogP contribution is -2.30. The number of nitrogen functional groups attached to an aromatic ring is 1. The summed E-state index contributed by atoms with van der Waals surface area (Å²) in [5.41, 5.74) is 2.54. The average molecular weight is 280 g/mol. The molecule has 0 aliphatic heterocycles. The first-order valence-corrected chi connectivity index (χ1v) is 7.27. The molecule has 2 atom stereocenters. The predicted molar refractivity (Wildman–Crippen MR) is 77.2 cm³/mol. The molecule has 20 heavy (non-hydrogen) atoms. The van der Waals surface area contributed by atoms with Crippen LogP contribution in [0.3, 0.4) is 0 Å². The van der Waals surface area contributed by atoms with Crippen LogP contribution in [-0.2, 0) is 11.3 Å². The van der Waals surface area contributed by atoms with Crippen LogP contribution in [0.5, 0.6) is 5.88 Å². The molecule has 1 aromatic rings. The topological polar surface area (TPSA) is 82.3 Å². The van der Waals surface area contributed by atoms with Gasteiger partial charge in [-0.05, 0) is 31.6 Å². The molecule has 0 saturated heterocycles. The number of anilines is 1. The van der Waals surface area contributed by atoms with Crippen molar-refractivity contribution in [3.8, 4) is 5.88 Å². The molecule has 1 aliphatic carbocycles. The minimum atomic E-state index is 0.240. The molecule has 3 N–H and O–H groups in total. The Morgan fingerprint density at radius 1 is 1.35 bits per heavy atom. The Kier molecular flexibility index (Phi) is 5.55. The second-order valence-corrected chi connectivity index (χ2v) is 5.19. The van der Waals surface area contributed by atoms with Crippen LogP contribution in [0.1, 0.15) is 44.9 Å². The third-order valence-corrected chi connectivity index (χ3v) is 3.81. The zero-order chi connectivity index (χ0) is 14.4. The van der Waals surface area contributed by atoms with Gasteiger partial charge in [0.15, 0.2) is 5.82 Å². The van der Waals surface area contributed by atoms with E-state index < -0.39 is 0 Å². The fourth-order valence-corrected chi connectivity index (χ4v) is 2.75. The molecule has 0 spiro atoms. The molecule has 1 aliphatic rings. The van der Waals surface area contributed by atoms with E-state index in [-0.39, 0.29) is 6.10 Å². The number of nitrogens with two attached hydrogens (primary N) is 1. The third kappa shape index (κ3) is 3.80. The average Bonchev–Trinajstić information content (AvgIpc) is 2.48. The summed E-state index contributed by atoms with van der Waals surface area (Å²) in [5.74, 6) is 7.74. The molecule has 6 nitrogen and oxygen atoms in total. The zero-order valence-electron chi connectivity index (χ0n) is 12.3. The summed E-state index contributed by atoms with van der Waals surface area (Å²) in [4.78, 5) is 8.60. The first kappa shape index (κ1) is 15.0. The number of methoxy groups -OCH3 is 1. The second-order valence-electron chi connectivity index (χ2n) is 5.19. The largest absolute Gasteiger partial charge is 0.474 e. The third-order valence-electron chi connectivity index (χ3n) is 3.81. The van der Waals surface area contributed by atoms with Gasteiger partial charge < -0.3 is 14.9 Å². The Morgan fingerprint density at radius 3 is 2.85 bits per heavy atom. The normalized spacial score (nSPS) is 22.6. The van der Waals surface area contributed by atoms with Gasteiger partial charge in [0.1, 0.15) is 18.5 Å². The lowest BCUT2D eigenvalue weighted by Gasteiger charge is -2.30. The Labute approximate surface area is 120 Å². The van der Waals surface area contributed by atoms with Crippen molar-refractivity contribution in [1.82, 2.24) is 9.97 Å². The highest BCUT2D eigenvalue weighted by atomic mass is 16.5. The smallest absolute Gasteiger partial charge is 0.219 e. The van der Waals surface area contributed by atoms with Gasteiger partial charge in [0.05, 0.1) is 0 Å². The fourth-order valence-electron chi connectivity index (χ4n) is 2.75. The molecule has 6 heteroatoms. The lowest BCUT2D eigenvalue weighted by molar-refractivity contribution is 0.0847. The molecular weight excluding hydrogens is 256 g/mol. The Hall–Kier alpha value is -1.40. The van der Waals surface area contributed by atoms with E-state index in [0.717, 1.165) is 12.8 Å². The van der Waals surface area contributed by atoms with E-state index in [0.29, 0.717) is 30.0 Å². The van der Waals surface area contributed by atoms with Crippen LogP contribution in [0.4, 0.5) is 5.82 Å². The van der Waals surface area contributed by atoms with Gasteiger partial charge in [0.25, 0.3) is 0 Å². The van der Waals surface area contributed by atoms with Crippen LogP contribution in [0.15, 0.2) is 6.07 Å². The standard InChI is InChI=1S/C14H24N4O2/c1-3-10-6-4-5-7-11(10)20-14-8-12(18-15)16-13(17-14)9-19-2/h8,10-11H,3-7,9,15H2,1-2H3,(H,16,17,18). The maximum Gasteiger partial charge on any atom is 0.219 e. The summed E-state index contributed by atoms with van der Waals surface area (Å²) < 4.78 is 11.2. The number of ether oxygens (including phenoxy) is 2. The first-order valence-electron chi connectivity index (χ1n) is 7.27. The van der Waals surface area contributed by atoms with Crippen LogP contribution in [-0.4, -0.2) is 23.2 Å².